The average molecular weight is 310 g/mol. The fourth-order valence-electron chi connectivity index (χ4n) is 3.25. The van der Waals surface area contributed by atoms with E-state index in [1.807, 2.05) is 0 Å². The standard InChI is InChI=1S/C16H16F2O2S/c17-16(18)14-12-6-8-13(9-7-12)15(14)21(19,20)10-11-4-2-1-3-5-11/h1-6,8,12-13,16H,7,9-10H2/t12-,13+/m1/s1. The lowest BCUT2D eigenvalue weighted by Crippen LogP contribution is -2.30. The number of halogens is 2. The molecule has 3 aliphatic rings. The summed E-state index contributed by atoms with van der Waals surface area (Å²) in [6.45, 7) is 0. The SMILES string of the molecule is O=S(=O)(Cc1ccccc1)C1=C(C(F)F)[C@@H]2C=C[C@H]1CC2. The Hall–Kier alpha value is -1.49. The van der Waals surface area contributed by atoms with Crippen molar-refractivity contribution in [1.82, 2.24) is 0 Å². The second kappa shape index (κ2) is 5.37. The van der Waals surface area contributed by atoms with E-state index in [1.54, 1.807) is 42.5 Å². The predicted molar refractivity (Wildman–Crippen MR) is 77.4 cm³/mol. The first-order chi connectivity index (χ1) is 9.99. The third-order valence-corrected chi connectivity index (χ3v) is 6.08. The maximum absolute atomic E-state index is 13.3. The van der Waals surface area contributed by atoms with Crippen LogP contribution in [0, 0.1) is 11.8 Å². The number of hydrogen-bond acceptors (Lipinski definition) is 2. The summed E-state index contributed by atoms with van der Waals surface area (Å²) < 4.78 is 52.0. The predicted octanol–water partition coefficient (Wildman–Crippen LogP) is 3.72. The monoisotopic (exact) mass is 310 g/mol. The molecular weight excluding hydrogens is 294 g/mol. The van der Waals surface area contributed by atoms with Crippen LogP contribution in [0.4, 0.5) is 8.78 Å². The zero-order chi connectivity index (χ0) is 15.0. The fraction of sp³-hybridized carbons (Fsp3) is 0.375. The van der Waals surface area contributed by atoms with E-state index in [2.05, 4.69) is 0 Å². The molecule has 4 rings (SSSR count). The van der Waals surface area contributed by atoms with Crippen LogP contribution in [0.1, 0.15) is 18.4 Å². The van der Waals surface area contributed by atoms with E-state index in [4.69, 9.17) is 0 Å². The van der Waals surface area contributed by atoms with Crippen LogP contribution in [-0.2, 0) is 15.6 Å². The molecule has 3 aliphatic carbocycles. The minimum atomic E-state index is -3.71. The molecule has 0 radical (unpaired) electrons. The van der Waals surface area contributed by atoms with Crippen molar-refractivity contribution < 1.29 is 17.2 Å². The highest BCUT2D eigenvalue weighted by Gasteiger charge is 2.41. The molecule has 0 heterocycles. The van der Waals surface area contributed by atoms with E-state index in [9.17, 15) is 17.2 Å². The van der Waals surface area contributed by atoms with Crippen molar-refractivity contribution in [3.8, 4) is 0 Å². The van der Waals surface area contributed by atoms with Gasteiger partial charge in [0.25, 0.3) is 6.43 Å². The van der Waals surface area contributed by atoms with Crippen molar-refractivity contribution in [2.45, 2.75) is 25.0 Å². The van der Waals surface area contributed by atoms with Gasteiger partial charge in [-0.2, -0.15) is 0 Å². The van der Waals surface area contributed by atoms with Crippen LogP contribution in [0.5, 0.6) is 0 Å². The lowest BCUT2D eigenvalue weighted by Gasteiger charge is -2.35. The van der Waals surface area contributed by atoms with E-state index >= 15 is 0 Å². The zero-order valence-electron chi connectivity index (χ0n) is 11.4. The maximum Gasteiger partial charge on any atom is 0.261 e. The number of sulfone groups is 1. The molecule has 0 saturated heterocycles. The van der Waals surface area contributed by atoms with Crippen molar-refractivity contribution in [3.63, 3.8) is 0 Å². The summed E-state index contributed by atoms with van der Waals surface area (Å²) in [5.41, 5.74) is 0.453. The molecule has 0 fully saturated rings. The summed E-state index contributed by atoms with van der Waals surface area (Å²) in [6.07, 6.45) is 2.06. The number of rotatable bonds is 4. The van der Waals surface area contributed by atoms with Gasteiger partial charge in [-0.1, -0.05) is 42.5 Å². The van der Waals surface area contributed by atoms with Crippen LogP contribution in [0.2, 0.25) is 0 Å². The van der Waals surface area contributed by atoms with Crippen LogP contribution >= 0.6 is 0 Å². The molecule has 2 bridgehead atoms. The maximum atomic E-state index is 13.3. The first kappa shape index (κ1) is 14.4. The molecule has 0 aromatic heterocycles. The second-order valence-electron chi connectivity index (χ2n) is 5.54. The lowest BCUT2D eigenvalue weighted by atomic mass is 9.76. The smallest absolute Gasteiger partial charge is 0.224 e. The summed E-state index contributed by atoms with van der Waals surface area (Å²) in [5.74, 6) is -1.01. The molecule has 0 unspecified atom stereocenters. The van der Waals surface area contributed by atoms with Gasteiger partial charge < -0.3 is 0 Å². The molecular formula is C16H16F2O2S. The summed E-state index contributed by atoms with van der Waals surface area (Å²) in [4.78, 5) is -0.0277. The Labute approximate surface area is 123 Å². The van der Waals surface area contributed by atoms with Crippen molar-refractivity contribution in [2.24, 2.45) is 11.8 Å². The second-order valence-corrected chi connectivity index (χ2v) is 7.50. The van der Waals surface area contributed by atoms with Crippen LogP contribution in [-0.4, -0.2) is 14.8 Å². The molecule has 5 heteroatoms. The largest absolute Gasteiger partial charge is 0.261 e. The Morgan fingerprint density at radius 1 is 1.05 bits per heavy atom. The fourth-order valence-corrected chi connectivity index (χ4v) is 5.29. The minimum Gasteiger partial charge on any atom is -0.224 e. The van der Waals surface area contributed by atoms with Crippen molar-refractivity contribution in [1.29, 1.82) is 0 Å². The number of alkyl halides is 2. The Morgan fingerprint density at radius 3 is 2.24 bits per heavy atom. The summed E-state index contributed by atoms with van der Waals surface area (Å²) in [6, 6.07) is 8.71. The summed E-state index contributed by atoms with van der Waals surface area (Å²) >= 11 is 0. The van der Waals surface area contributed by atoms with Gasteiger partial charge in [0, 0.05) is 17.4 Å². The van der Waals surface area contributed by atoms with E-state index in [0.717, 1.165) is 0 Å². The van der Waals surface area contributed by atoms with Crippen molar-refractivity contribution >= 4 is 9.84 Å². The molecule has 112 valence electrons. The third-order valence-electron chi connectivity index (χ3n) is 4.15. The first-order valence-electron chi connectivity index (χ1n) is 6.96. The molecule has 0 N–H and O–H groups in total. The Balaban J connectivity index is 2.02. The number of allylic oxidation sites excluding steroid dienone is 4. The van der Waals surface area contributed by atoms with Gasteiger partial charge in [0.1, 0.15) is 0 Å². The Morgan fingerprint density at radius 2 is 1.67 bits per heavy atom. The van der Waals surface area contributed by atoms with Gasteiger partial charge in [0.05, 0.1) is 10.7 Å². The Bertz CT molecular complexity index is 690. The van der Waals surface area contributed by atoms with Crippen LogP contribution in [0.25, 0.3) is 0 Å². The molecule has 0 amide bonds. The lowest BCUT2D eigenvalue weighted by molar-refractivity contribution is 0.170. The highest BCUT2D eigenvalue weighted by atomic mass is 32.2. The molecule has 21 heavy (non-hydrogen) atoms. The average Bonchev–Trinajstić information content (AvgIpc) is 2.48. The van der Waals surface area contributed by atoms with E-state index in [-0.39, 0.29) is 22.1 Å². The van der Waals surface area contributed by atoms with Gasteiger partial charge in [-0.25, -0.2) is 17.2 Å². The summed E-state index contributed by atoms with van der Waals surface area (Å²) in [5, 5.41) is 0. The van der Waals surface area contributed by atoms with E-state index in [1.165, 1.54) is 0 Å². The van der Waals surface area contributed by atoms with Gasteiger partial charge in [0.2, 0.25) is 0 Å². The first-order valence-corrected chi connectivity index (χ1v) is 8.61. The number of benzene rings is 1. The molecule has 0 aliphatic heterocycles. The van der Waals surface area contributed by atoms with Crippen LogP contribution < -0.4 is 0 Å². The van der Waals surface area contributed by atoms with E-state index in [0.29, 0.717) is 18.4 Å². The Kier molecular flexibility index (Phi) is 3.69. The van der Waals surface area contributed by atoms with Crippen molar-refractivity contribution in [2.75, 3.05) is 0 Å². The number of fused-ring (bicyclic) bond motifs is 1. The van der Waals surface area contributed by atoms with Crippen LogP contribution in [0.15, 0.2) is 53.0 Å². The van der Waals surface area contributed by atoms with Crippen LogP contribution in [0.3, 0.4) is 0 Å². The van der Waals surface area contributed by atoms with E-state index < -0.39 is 22.2 Å². The molecule has 0 spiro atoms. The highest BCUT2D eigenvalue weighted by Crippen LogP contribution is 2.45. The van der Waals surface area contributed by atoms with Gasteiger partial charge in [0.15, 0.2) is 9.84 Å². The normalized spacial score (nSPS) is 24.9. The van der Waals surface area contributed by atoms with Gasteiger partial charge in [-0.05, 0) is 18.4 Å². The molecule has 1 aromatic carbocycles. The molecule has 1 aromatic rings. The quantitative estimate of drug-likeness (QED) is 0.794. The third kappa shape index (κ3) is 2.67. The number of hydrogen-bond donors (Lipinski definition) is 0. The van der Waals surface area contributed by atoms with Gasteiger partial charge in [-0.3, -0.25) is 0 Å². The zero-order valence-corrected chi connectivity index (χ0v) is 12.2. The topological polar surface area (TPSA) is 34.1 Å². The van der Waals surface area contributed by atoms with Crippen molar-refractivity contribution in [3.05, 3.63) is 58.5 Å². The highest BCUT2D eigenvalue weighted by molar-refractivity contribution is 7.94. The van der Waals surface area contributed by atoms with Gasteiger partial charge >= 0.3 is 0 Å². The molecule has 2 atom stereocenters. The molecule has 2 nitrogen and oxygen atoms in total. The van der Waals surface area contributed by atoms with Gasteiger partial charge in [-0.15, -0.1) is 0 Å². The molecule has 0 saturated carbocycles. The summed E-state index contributed by atoms with van der Waals surface area (Å²) in [7, 11) is -3.71. The minimum absolute atomic E-state index is 0.0277.